The summed E-state index contributed by atoms with van der Waals surface area (Å²) in [4.78, 5) is 22.5. The van der Waals surface area contributed by atoms with Crippen molar-refractivity contribution in [1.29, 1.82) is 0 Å². The first-order valence-corrected chi connectivity index (χ1v) is 5.97. The largest absolute Gasteiger partial charge is 0.469 e. The van der Waals surface area contributed by atoms with E-state index in [9.17, 15) is 9.59 Å². The van der Waals surface area contributed by atoms with Gasteiger partial charge in [-0.3, -0.25) is 14.9 Å². The van der Waals surface area contributed by atoms with Gasteiger partial charge >= 0.3 is 5.97 Å². The highest BCUT2D eigenvalue weighted by atomic mass is 32.2. The number of amides is 1. The fraction of sp³-hybridized carbons (Fsp3) is 0.778. The van der Waals surface area contributed by atoms with Gasteiger partial charge in [-0.05, 0) is 6.92 Å². The molecule has 2 atom stereocenters. The highest BCUT2D eigenvalue weighted by Gasteiger charge is 2.23. The number of carbonyl (C=O) groups excluding carboxylic acids is 2. The molecule has 1 rings (SSSR count). The van der Waals surface area contributed by atoms with E-state index in [0.29, 0.717) is 0 Å². The number of rotatable bonds is 4. The molecule has 1 aliphatic heterocycles. The molecular weight excluding hydrogens is 216 g/mol. The number of esters is 1. The fourth-order valence-corrected chi connectivity index (χ4v) is 2.23. The van der Waals surface area contributed by atoms with Crippen LogP contribution in [0.3, 0.4) is 0 Å². The van der Waals surface area contributed by atoms with Crippen LogP contribution >= 0.6 is 11.8 Å². The lowest BCUT2D eigenvalue weighted by Crippen LogP contribution is -2.46. The molecule has 86 valence electrons. The molecule has 0 aromatic carbocycles. The van der Waals surface area contributed by atoms with Crippen molar-refractivity contribution in [1.82, 2.24) is 10.6 Å². The molecule has 0 spiro atoms. The van der Waals surface area contributed by atoms with Gasteiger partial charge in [0.05, 0.1) is 19.6 Å². The maximum Gasteiger partial charge on any atom is 0.307 e. The molecule has 0 bridgehead atoms. The van der Waals surface area contributed by atoms with Gasteiger partial charge in [-0.15, -0.1) is 11.8 Å². The number of hydrogen-bond donors (Lipinski definition) is 2. The fourth-order valence-electron chi connectivity index (χ4n) is 1.29. The van der Waals surface area contributed by atoms with E-state index >= 15 is 0 Å². The third-order valence-electron chi connectivity index (χ3n) is 2.12. The van der Waals surface area contributed by atoms with E-state index in [1.807, 2.05) is 0 Å². The SMILES string of the molecule is COC(=O)CC(C)NC(=O)C1CSCN1. The van der Waals surface area contributed by atoms with Crippen molar-refractivity contribution in [2.75, 3.05) is 18.7 Å². The Kier molecular flexibility index (Phi) is 4.90. The molecule has 0 radical (unpaired) electrons. The number of methoxy groups -OCH3 is 1. The second kappa shape index (κ2) is 5.97. The molecule has 1 aliphatic rings. The topological polar surface area (TPSA) is 67.4 Å². The van der Waals surface area contributed by atoms with Crippen molar-refractivity contribution < 1.29 is 14.3 Å². The average Bonchev–Trinajstić information content (AvgIpc) is 2.70. The summed E-state index contributed by atoms with van der Waals surface area (Å²) in [5.41, 5.74) is 0. The Labute approximate surface area is 93.3 Å². The van der Waals surface area contributed by atoms with E-state index in [1.54, 1.807) is 18.7 Å². The molecule has 0 aromatic rings. The highest BCUT2D eigenvalue weighted by Crippen LogP contribution is 2.09. The Morgan fingerprint density at radius 3 is 2.93 bits per heavy atom. The third kappa shape index (κ3) is 4.09. The van der Waals surface area contributed by atoms with Gasteiger partial charge in [0.15, 0.2) is 0 Å². The zero-order chi connectivity index (χ0) is 11.3. The molecule has 0 saturated carbocycles. The highest BCUT2D eigenvalue weighted by molar-refractivity contribution is 7.99. The van der Waals surface area contributed by atoms with Crippen LogP contribution in [-0.2, 0) is 14.3 Å². The second-order valence-electron chi connectivity index (χ2n) is 3.46. The van der Waals surface area contributed by atoms with Crippen LogP contribution in [0.1, 0.15) is 13.3 Å². The van der Waals surface area contributed by atoms with E-state index in [1.165, 1.54) is 7.11 Å². The summed E-state index contributed by atoms with van der Waals surface area (Å²) in [6, 6.07) is -0.313. The first kappa shape index (κ1) is 12.3. The summed E-state index contributed by atoms with van der Waals surface area (Å²) in [7, 11) is 1.34. The van der Waals surface area contributed by atoms with Crippen molar-refractivity contribution in [2.24, 2.45) is 0 Å². The molecule has 0 aromatic heterocycles. The number of nitrogens with one attached hydrogen (secondary N) is 2. The van der Waals surface area contributed by atoms with Crippen molar-refractivity contribution in [3.8, 4) is 0 Å². The van der Waals surface area contributed by atoms with Gasteiger partial charge in [0, 0.05) is 17.7 Å². The Morgan fingerprint density at radius 2 is 2.40 bits per heavy atom. The lowest BCUT2D eigenvalue weighted by atomic mass is 10.2. The molecule has 2 unspecified atom stereocenters. The minimum Gasteiger partial charge on any atom is -0.469 e. The molecule has 15 heavy (non-hydrogen) atoms. The number of thioether (sulfide) groups is 1. The van der Waals surface area contributed by atoms with Crippen LogP contribution in [-0.4, -0.2) is 42.7 Å². The Balaban J connectivity index is 2.27. The average molecular weight is 232 g/mol. The standard InChI is InChI=1S/C9H16N2O3S/c1-6(3-8(12)14-2)11-9(13)7-4-15-5-10-7/h6-7,10H,3-5H2,1-2H3,(H,11,13). The summed E-state index contributed by atoms with van der Waals surface area (Å²) < 4.78 is 4.52. The van der Waals surface area contributed by atoms with Crippen LogP contribution in [0.4, 0.5) is 0 Å². The van der Waals surface area contributed by atoms with Gasteiger partial charge in [-0.1, -0.05) is 0 Å². The molecule has 0 aliphatic carbocycles. The minimum absolute atomic E-state index is 0.0450. The summed E-state index contributed by atoms with van der Waals surface area (Å²) in [5, 5.41) is 5.84. The van der Waals surface area contributed by atoms with Gasteiger partial charge in [0.1, 0.15) is 0 Å². The summed E-state index contributed by atoms with van der Waals surface area (Å²) in [5.74, 6) is 1.24. The monoisotopic (exact) mass is 232 g/mol. The molecule has 1 amide bonds. The first-order valence-electron chi connectivity index (χ1n) is 4.81. The van der Waals surface area contributed by atoms with Crippen LogP contribution in [0.15, 0.2) is 0 Å². The quantitative estimate of drug-likeness (QED) is 0.652. The first-order chi connectivity index (χ1) is 7.13. The molecular formula is C9H16N2O3S. The van der Waals surface area contributed by atoms with E-state index < -0.39 is 0 Å². The Bertz CT molecular complexity index is 242. The van der Waals surface area contributed by atoms with Crippen molar-refractivity contribution in [3.05, 3.63) is 0 Å². The number of hydrogen-bond acceptors (Lipinski definition) is 5. The number of carbonyl (C=O) groups is 2. The molecule has 6 heteroatoms. The lowest BCUT2D eigenvalue weighted by Gasteiger charge is -2.15. The molecule has 1 heterocycles. The molecule has 1 saturated heterocycles. The van der Waals surface area contributed by atoms with E-state index in [0.717, 1.165) is 11.6 Å². The summed E-state index contributed by atoms with van der Waals surface area (Å²) in [6.45, 7) is 1.79. The molecule has 5 nitrogen and oxygen atoms in total. The van der Waals surface area contributed by atoms with Gasteiger partial charge in [-0.2, -0.15) is 0 Å². The molecule has 2 N–H and O–H groups in total. The summed E-state index contributed by atoms with van der Waals surface area (Å²) >= 11 is 1.69. The van der Waals surface area contributed by atoms with Crippen molar-refractivity contribution >= 4 is 23.6 Å². The normalized spacial score (nSPS) is 22.1. The molecule has 1 fully saturated rings. The van der Waals surface area contributed by atoms with E-state index in [4.69, 9.17) is 0 Å². The van der Waals surface area contributed by atoms with Crippen molar-refractivity contribution in [2.45, 2.75) is 25.4 Å². The van der Waals surface area contributed by atoms with Crippen LogP contribution in [0.2, 0.25) is 0 Å². The van der Waals surface area contributed by atoms with Gasteiger partial charge in [0.2, 0.25) is 5.91 Å². The second-order valence-corrected chi connectivity index (χ2v) is 4.49. The van der Waals surface area contributed by atoms with Gasteiger partial charge < -0.3 is 10.1 Å². The predicted molar refractivity (Wildman–Crippen MR) is 58.5 cm³/mol. The third-order valence-corrected chi connectivity index (χ3v) is 3.06. The Hall–Kier alpha value is -0.750. The van der Waals surface area contributed by atoms with E-state index in [-0.39, 0.29) is 30.4 Å². The predicted octanol–water partition coefficient (Wildman–Crippen LogP) is -0.283. The minimum atomic E-state index is -0.309. The van der Waals surface area contributed by atoms with Crippen LogP contribution in [0, 0.1) is 0 Å². The summed E-state index contributed by atoms with van der Waals surface area (Å²) in [6.07, 6.45) is 0.210. The van der Waals surface area contributed by atoms with Gasteiger partial charge in [-0.25, -0.2) is 0 Å². The van der Waals surface area contributed by atoms with Crippen LogP contribution in [0.5, 0.6) is 0 Å². The zero-order valence-corrected chi connectivity index (χ0v) is 9.73. The maximum atomic E-state index is 11.6. The van der Waals surface area contributed by atoms with E-state index in [2.05, 4.69) is 15.4 Å². The lowest BCUT2D eigenvalue weighted by molar-refractivity contribution is -0.141. The van der Waals surface area contributed by atoms with Crippen molar-refractivity contribution in [3.63, 3.8) is 0 Å². The maximum absolute atomic E-state index is 11.6. The number of ether oxygens (including phenoxy) is 1. The smallest absolute Gasteiger partial charge is 0.307 e. The van der Waals surface area contributed by atoms with Crippen LogP contribution in [0.25, 0.3) is 0 Å². The zero-order valence-electron chi connectivity index (χ0n) is 8.91. The van der Waals surface area contributed by atoms with Gasteiger partial charge in [0.25, 0.3) is 0 Å². The Morgan fingerprint density at radius 1 is 1.67 bits per heavy atom. The van der Waals surface area contributed by atoms with Crippen LogP contribution < -0.4 is 10.6 Å².